The van der Waals surface area contributed by atoms with E-state index in [9.17, 15) is 15.3 Å². The summed E-state index contributed by atoms with van der Waals surface area (Å²) in [5, 5.41) is 30.3. The van der Waals surface area contributed by atoms with E-state index in [1.807, 2.05) is 0 Å². The Morgan fingerprint density at radius 2 is 1.54 bits per heavy atom. The number of aromatic hydroxyl groups is 3. The summed E-state index contributed by atoms with van der Waals surface area (Å²) in [6.45, 7) is 9.26. The van der Waals surface area contributed by atoms with Gasteiger partial charge in [-0.1, -0.05) is 59.8 Å². The molecule has 0 aliphatic heterocycles. The predicted octanol–water partition coefficient (Wildman–Crippen LogP) is 7.25. The SMILES string of the molecule is CCC(C)(C)CCCCCc1c(CCCCCC2(C)CC2)cc(O)c(O)c1O. The number of aryl methyl sites for hydroxylation is 1. The van der Waals surface area contributed by atoms with E-state index in [0.717, 1.165) is 43.2 Å². The van der Waals surface area contributed by atoms with Gasteiger partial charge in [0.05, 0.1) is 0 Å². The molecule has 28 heavy (non-hydrogen) atoms. The van der Waals surface area contributed by atoms with Crippen LogP contribution in [0, 0.1) is 10.8 Å². The van der Waals surface area contributed by atoms with Crippen LogP contribution >= 0.6 is 0 Å². The highest BCUT2D eigenvalue weighted by molar-refractivity contribution is 5.57. The molecule has 0 aromatic heterocycles. The van der Waals surface area contributed by atoms with Crippen LogP contribution in [0.5, 0.6) is 17.2 Å². The molecule has 0 unspecified atom stereocenters. The number of hydrogen-bond donors (Lipinski definition) is 3. The standard InChI is InChI=1S/C25H42O3/c1-5-24(2,3)14-10-7-9-13-20-19(18-21(26)23(28)22(20)27)12-8-6-11-15-25(4)16-17-25/h18,26-28H,5-17H2,1-4H3. The zero-order valence-electron chi connectivity index (χ0n) is 18.6. The Kier molecular flexibility index (Phi) is 8.09. The summed E-state index contributed by atoms with van der Waals surface area (Å²) in [4.78, 5) is 0. The van der Waals surface area contributed by atoms with Crippen LogP contribution in [0.15, 0.2) is 6.07 Å². The van der Waals surface area contributed by atoms with Crippen LogP contribution in [0.1, 0.15) is 109 Å². The zero-order chi connectivity index (χ0) is 20.8. The average Bonchev–Trinajstić information content (AvgIpc) is 3.38. The molecule has 1 saturated carbocycles. The van der Waals surface area contributed by atoms with Gasteiger partial charge in [-0.25, -0.2) is 0 Å². The summed E-state index contributed by atoms with van der Waals surface area (Å²) in [7, 11) is 0. The van der Waals surface area contributed by atoms with E-state index in [1.54, 1.807) is 6.07 Å². The summed E-state index contributed by atoms with van der Waals surface area (Å²) in [6, 6.07) is 1.66. The predicted molar refractivity (Wildman–Crippen MR) is 117 cm³/mol. The number of benzene rings is 1. The normalized spacial score (nSPS) is 15.7. The van der Waals surface area contributed by atoms with Gasteiger partial charge in [0.25, 0.3) is 0 Å². The highest BCUT2D eigenvalue weighted by atomic mass is 16.3. The number of phenols is 3. The molecule has 1 aliphatic carbocycles. The lowest BCUT2D eigenvalue weighted by molar-refractivity contribution is 0.308. The van der Waals surface area contributed by atoms with Crippen molar-refractivity contribution in [1.29, 1.82) is 0 Å². The minimum Gasteiger partial charge on any atom is -0.504 e. The molecule has 3 heteroatoms. The maximum Gasteiger partial charge on any atom is 0.200 e. The lowest BCUT2D eigenvalue weighted by Gasteiger charge is -2.22. The van der Waals surface area contributed by atoms with Crippen molar-refractivity contribution in [3.8, 4) is 17.2 Å². The number of hydrogen-bond acceptors (Lipinski definition) is 3. The highest BCUT2D eigenvalue weighted by Crippen LogP contribution is 2.49. The molecular formula is C25H42O3. The Bertz CT molecular complexity index is 629. The first kappa shape index (κ1) is 22.9. The van der Waals surface area contributed by atoms with Crippen molar-refractivity contribution in [1.82, 2.24) is 0 Å². The number of rotatable bonds is 13. The topological polar surface area (TPSA) is 60.7 Å². The van der Waals surface area contributed by atoms with Crippen molar-refractivity contribution in [2.75, 3.05) is 0 Å². The van der Waals surface area contributed by atoms with Crippen molar-refractivity contribution in [3.05, 3.63) is 17.2 Å². The molecule has 2 rings (SSSR count). The Hall–Kier alpha value is -1.38. The summed E-state index contributed by atoms with van der Waals surface area (Å²) in [6.07, 6.45) is 15.0. The Morgan fingerprint density at radius 3 is 2.18 bits per heavy atom. The summed E-state index contributed by atoms with van der Waals surface area (Å²) in [5.74, 6) is -0.687. The van der Waals surface area contributed by atoms with E-state index in [-0.39, 0.29) is 17.2 Å². The van der Waals surface area contributed by atoms with Crippen LogP contribution in [-0.2, 0) is 12.8 Å². The van der Waals surface area contributed by atoms with Crippen LogP contribution in [-0.4, -0.2) is 15.3 Å². The van der Waals surface area contributed by atoms with Crippen LogP contribution in [0.3, 0.4) is 0 Å². The van der Waals surface area contributed by atoms with Gasteiger partial charge in [-0.15, -0.1) is 0 Å². The van der Waals surface area contributed by atoms with Crippen LogP contribution in [0.25, 0.3) is 0 Å². The fraction of sp³-hybridized carbons (Fsp3) is 0.760. The van der Waals surface area contributed by atoms with Gasteiger partial charge in [-0.3, -0.25) is 0 Å². The summed E-state index contributed by atoms with van der Waals surface area (Å²) < 4.78 is 0. The van der Waals surface area contributed by atoms with Crippen LogP contribution in [0.4, 0.5) is 0 Å². The second-order valence-electron chi connectivity index (χ2n) is 10.2. The van der Waals surface area contributed by atoms with Gasteiger partial charge in [-0.05, 0) is 73.8 Å². The fourth-order valence-electron chi connectivity index (χ4n) is 4.01. The van der Waals surface area contributed by atoms with Gasteiger partial charge >= 0.3 is 0 Å². The third-order valence-electron chi connectivity index (χ3n) is 7.02. The van der Waals surface area contributed by atoms with Crippen molar-refractivity contribution in [3.63, 3.8) is 0 Å². The molecule has 160 valence electrons. The molecule has 0 atom stereocenters. The molecule has 0 amide bonds. The number of phenolic OH excluding ortho intramolecular Hbond substituents is 3. The van der Waals surface area contributed by atoms with Gasteiger partial charge in [-0.2, -0.15) is 0 Å². The first-order chi connectivity index (χ1) is 13.2. The van der Waals surface area contributed by atoms with Gasteiger partial charge < -0.3 is 15.3 Å². The van der Waals surface area contributed by atoms with Crippen molar-refractivity contribution in [2.24, 2.45) is 10.8 Å². The second-order valence-corrected chi connectivity index (χ2v) is 10.2. The second kappa shape index (κ2) is 9.89. The number of unbranched alkanes of at least 4 members (excludes halogenated alkanes) is 4. The van der Waals surface area contributed by atoms with Crippen LogP contribution < -0.4 is 0 Å². The summed E-state index contributed by atoms with van der Waals surface area (Å²) >= 11 is 0. The molecule has 0 saturated heterocycles. The Morgan fingerprint density at radius 1 is 0.893 bits per heavy atom. The molecule has 0 spiro atoms. The molecular weight excluding hydrogens is 348 g/mol. The van der Waals surface area contributed by atoms with Gasteiger partial charge in [0.15, 0.2) is 11.5 Å². The molecule has 1 aromatic carbocycles. The minimum atomic E-state index is -0.368. The van der Waals surface area contributed by atoms with Crippen LogP contribution in [0.2, 0.25) is 0 Å². The fourth-order valence-corrected chi connectivity index (χ4v) is 4.01. The third kappa shape index (κ3) is 6.90. The minimum absolute atomic E-state index is 0.116. The molecule has 3 N–H and O–H groups in total. The van der Waals surface area contributed by atoms with E-state index in [0.29, 0.717) is 10.8 Å². The highest BCUT2D eigenvalue weighted by Gasteiger charge is 2.35. The lowest BCUT2D eigenvalue weighted by Crippen LogP contribution is -2.08. The van der Waals surface area contributed by atoms with E-state index >= 15 is 0 Å². The van der Waals surface area contributed by atoms with E-state index < -0.39 is 0 Å². The average molecular weight is 391 g/mol. The van der Waals surface area contributed by atoms with E-state index in [2.05, 4.69) is 27.7 Å². The smallest absolute Gasteiger partial charge is 0.200 e. The molecule has 3 nitrogen and oxygen atoms in total. The van der Waals surface area contributed by atoms with Crippen molar-refractivity contribution < 1.29 is 15.3 Å². The zero-order valence-corrected chi connectivity index (χ0v) is 18.6. The molecule has 1 fully saturated rings. The molecule has 1 aromatic rings. The maximum absolute atomic E-state index is 10.4. The lowest BCUT2D eigenvalue weighted by atomic mass is 9.84. The van der Waals surface area contributed by atoms with Crippen molar-refractivity contribution in [2.45, 2.75) is 111 Å². The van der Waals surface area contributed by atoms with E-state index in [4.69, 9.17) is 0 Å². The largest absolute Gasteiger partial charge is 0.504 e. The van der Waals surface area contributed by atoms with Crippen molar-refractivity contribution >= 4 is 0 Å². The molecule has 0 radical (unpaired) electrons. The Balaban J connectivity index is 1.85. The quantitative estimate of drug-likeness (QED) is 0.245. The van der Waals surface area contributed by atoms with E-state index in [1.165, 1.54) is 51.4 Å². The monoisotopic (exact) mass is 390 g/mol. The van der Waals surface area contributed by atoms with Gasteiger partial charge in [0.1, 0.15) is 0 Å². The molecule has 0 heterocycles. The van der Waals surface area contributed by atoms with Gasteiger partial charge in [0, 0.05) is 5.56 Å². The first-order valence-corrected chi connectivity index (χ1v) is 11.4. The molecule has 1 aliphatic rings. The third-order valence-corrected chi connectivity index (χ3v) is 7.02. The van der Waals surface area contributed by atoms with Gasteiger partial charge in [0.2, 0.25) is 5.75 Å². The summed E-state index contributed by atoms with van der Waals surface area (Å²) in [5.41, 5.74) is 2.85. The Labute approximate surface area is 172 Å². The maximum atomic E-state index is 10.4. The molecule has 0 bridgehead atoms. The first-order valence-electron chi connectivity index (χ1n) is 11.4.